The van der Waals surface area contributed by atoms with Crippen molar-refractivity contribution >= 4 is 29.9 Å². The summed E-state index contributed by atoms with van der Waals surface area (Å²) in [6, 6.07) is 5.41. The number of hydrogen-bond acceptors (Lipinski definition) is 4. The average molecular weight is 527 g/mol. The number of nitrogens with zero attached hydrogens (tertiary/aromatic N) is 3. The maximum Gasteiger partial charge on any atom is 0.213 e. The molecule has 0 atom stereocenters. The Morgan fingerprint density at radius 2 is 1.93 bits per heavy atom. The van der Waals surface area contributed by atoms with Crippen molar-refractivity contribution in [3.8, 4) is 5.88 Å². The van der Waals surface area contributed by atoms with Crippen LogP contribution in [-0.4, -0.2) is 54.2 Å². The van der Waals surface area contributed by atoms with E-state index in [4.69, 9.17) is 9.73 Å². The number of nitrogens with one attached hydrogen (secondary N) is 2. The Morgan fingerprint density at radius 3 is 2.63 bits per heavy atom. The van der Waals surface area contributed by atoms with Crippen molar-refractivity contribution in [3.05, 3.63) is 23.9 Å². The number of halogens is 1. The van der Waals surface area contributed by atoms with E-state index in [1.54, 1.807) is 0 Å². The first-order valence-corrected chi connectivity index (χ1v) is 11.7. The third kappa shape index (κ3) is 7.25. The molecule has 2 heterocycles. The monoisotopic (exact) mass is 527 g/mol. The Hall–Kier alpha value is -1.09. The van der Waals surface area contributed by atoms with Gasteiger partial charge in [-0.1, -0.05) is 12.8 Å². The summed E-state index contributed by atoms with van der Waals surface area (Å²) in [5.41, 5.74) is 1.14. The standard InChI is InChI=1S/C23H37N5O.HI/c1-2-24-23(27-20-10-13-28(14-11-20)21-5-3-4-6-21)26-16-19-9-12-25-22(15-19)29-17-18-7-8-18;/h9,12,15,18,20-21H,2-8,10-11,13-14,16-17H2,1H3,(H2,24,26,27);1H. The van der Waals surface area contributed by atoms with E-state index in [-0.39, 0.29) is 24.0 Å². The van der Waals surface area contributed by atoms with Crippen LogP contribution in [0.25, 0.3) is 0 Å². The van der Waals surface area contributed by atoms with Gasteiger partial charge in [0.1, 0.15) is 0 Å². The normalized spacial score (nSPS) is 21.3. The van der Waals surface area contributed by atoms with Gasteiger partial charge in [0.05, 0.1) is 13.2 Å². The molecule has 4 rings (SSSR count). The number of ether oxygens (including phenoxy) is 1. The lowest BCUT2D eigenvalue weighted by Gasteiger charge is -2.36. The van der Waals surface area contributed by atoms with Crippen LogP contribution < -0.4 is 15.4 Å². The molecule has 3 fully saturated rings. The number of likely N-dealkylation sites (tertiary alicyclic amines) is 1. The number of piperidine rings is 1. The summed E-state index contributed by atoms with van der Waals surface area (Å²) in [5.74, 6) is 2.38. The second kappa shape index (κ2) is 12.1. The fourth-order valence-corrected chi connectivity index (χ4v) is 4.48. The van der Waals surface area contributed by atoms with E-state index < -0.39 is 0 Å². The predicted molar refractivity (Wildman–Crippen MR) is 133 cm³/mol. The van der Waals surface area contributed by atoms with E-state index in [1.165, 1.54) is 64.5 Å². The lowest BCUT2D eigenvalue weighted by molar-refractivity contribution is 0.150. The van der Waals surface area contributed by atoms with Gasteiger partial charge in [-0.05, 0) is 63.0 Å². The van der Waals surface area contributed by atoms with Crippen LogP contribution in [0.1, 0.15) is 63.9 Å². The number of hydrogen-bond donors (Lipinski definition) is 2. The Balaban J connectivity index is 0.00000256. The third-order valence-electron chi connectivity index (χ3n) is 6.44. The molecule has 2 saturated carbocycles. The van der Waals surface area contributed by atoms with Crippen LogP contribution in [-0.2, 0) is 6.54 Å². The van der Waals surface area contributed by atoms with Gasteiger partial charge < -0.3 is 20.3 Å². The molecule has 1 aliphatic heterocycles. The molecular weight excluding hydrogens is 489 g/mol. The van der Waals surface area contributed by atoms with Crippen LogP contribution in [0.5, 0.6) is 5.88 Å². The van der Waals surface area contributed by atoms with Gasteiger partial charge in [-0.15, -0.1) is 24.0 Å². The topological polar surface area (TPSA) is 61.8 Å². The molecule has 3 aliphatic rings. The first-order valence-electron chi connectivity index (χ1n) is 11.7. The first-order chi connectivity index (χ1) is 14.3. The summed E-state index contributed by atoms with van der Waals surface area (Å²) in [6.45, 7) is 6.86. The van der Waals surface area contributed by atoms with Crippen LogP contribution in [0.3, 0.4) is 0 Å². The first kappa shape index (κ1) is 23.6. The SMILES string of the molecule is CCNC(=NCc1ccnc(OCC2CC2)c1)NC1CCN(C2CCCC2)CC1.I. The molecule has 6 nitrogen and oxygen atoms in total. The molecule has 30 heavy (non-hydrogen) atoms. The summed E-state index contributed by atoms with van der Waals surface area (Å²) in [5, 5.41) is 7.07. The molecule has 7 heteroatoms. The largest absolute Gasteiger partial charge is 0.477 e. The zero-order valence-electron chi connectivity index (χ0n) is 18.3. The Kier molecular flexibility index (Phi) is 9.49. The molecule has 0 spiro atoms. The van der Waals surface area contributed by atoms with Crippen molar-refractivity contribution in [2.24, 2.45) is 10.9 Å². The van der Waals surface area contributed by atoms with Crippen molar-refractivity contribution in [1.82, 2.24) is 20.5 Å². The van der Waals surface area contributed by atoms with Gasteiger partial charge in [0.25, 0.3) is 0 Å². The Morgan fingerprint density at radius 1 is 1.17 bits per heavy atom. The van der Waals surface area contributed by atoms with Crippen LogP contribution in [0.4, 0.5) is 0 Å². The van der Waals surface area contributed by atoms with Crippen molar-refractivity contribution in [3.63, 3.8) is 0 Å². The summed E-state index contributed by atoms with van der Waals surface area (Å²) >= 11 is 0. The van der Waals surface area contributed by atoms with Gasteiger partial charge in [-0.25, -0.2) is 9.98 Å². The molecule has 0 unspecified atom stereocenters. The smallest absolute Gasteiger partial charge is 0.213 e. The Bertz CT molecular complexity index is 667. The molecule has 0 amide bonds. The average Bonchev–Trinajstić information content (AvgIpc) is 3.42. The lowest BCUT2D eigenvalue weighted by atomic mass is 10.0. The number of pyridine rings is 1. The molecule has 2 aliphatic carbocycles. The van der Waals surface area contributed by atoms with E-state index in [0.29, 0.717) is 12.6 Å². The molecule has 2 N–H and O–H groups in total. The number of aromatic nitrogens is 1. The molecule has 0 bridgehead atoms. The van der Waals surface area contributed by atoms with E-state index in [2.05, 4.69) is 27.4 Å². The maximum absolute atomic E-state index is 5.80. The minimum Gasteiger partial charge on any atom is -0.477 e. The van der Waals surface area contributed by atoms with Gasteiger partial charge in [-0.2, -0.15) is 0 Å². The van der Waals surface area contributed by atoms with Gasteiger partial charge >= 0.3 is 0 Å². The highest BCUT2D eigenvalue weighted by molar-refractivity contribution is 14.0. The van der Waals surface area contributed by atoms with Crippen LogP contribution in [0, 0.1) is 5.92 Å². The molecule has 1 saturated heterocycles. The maximum atomic E-state index is 5.80. The summed E-state index contributed by atoms with van der Waals surface area (Å²) < 4.78 is 5.80. The van der Waals surface area contributed by atoms with E-state index in [1.807, 2.05) is 18.3 Å². The quantitative estimate of drug-likeness (QED) is 0.305. The summed E-state index contributed by atoms with van der Waals surface area (Å²) in [4.78, 5) is 11.9. The van der Waals surface area contributed by atoms with Crippen LogP contribution in [0.15, 0.2) is 23.3 Å². The molecule has 0 aromatic carbocycles. The van der Waals surface area contributed by atoms with Crippen molar-refractivity contribution in [1.29, 1.82) is 0 Å². The van der Waals surface area contributed by atoms with Gasteiger partial charge in [0.2, 0.25) is 5.88 Å². The van der Waals surface area contributed by atoms with Crippen LogP contribution in [0.2, 0.25) is 0 Å². The van der Waals surface area contributed by atoms with E-state index >= 15 is 0 Å². The highest BCUT2D eigenvalue weighted by atomic mass is 127. The minimum absolute atomic E-state index is 0. The third-order valence-corrected chi connectivity index (χ3v) is 6.44. The minimum atomic E-state index is 0. The molecule has 0 radical (unpaired) electrons. The lowest BCUT2D eigenvalue weighted by Crippen LogP contribution is -2.50. The van der Waals surface area contributed by atoms with Gasteiger partial charge in [0, 0.05) is 44.0 Å². The highest BCUT2D eigenvalue weighted by Gasteiger charge is 2.27. The highest BCUT2D eigenvalue weighted by Crippen LogP contribution is 2.29. The second-order valence-corrected chi connectivity index (χ2v) is 8.84. The van der Waals surface area contributed by atoms with E-state index in [0.717, 1.165) is 42.5 Å². The fourth-order valence-electron chi connectivity index (χ4n) is 4.48. The Labute approximate surface area is 198 Å². The van der Waals surface area contributed by atoms with Crippen molar-refractivity contribution < 1.29 is 4.74 Å². The predicted octanol–water partition coefficient (Wildman–Crippen LogP) is 3.95. The summed E-state index contributed by atoms with van der Waals surface area (Å²) in [7, 11) is 0. The number of rotatable bonds is 8. The zero-order chi connectivity index (χ0) is 19.9. The van der Waals surface area contributed by atoms with Crippen LogP contribution >= 0.6 is 24.0 Å². The fraction of sp³-hybridized carbons (Fsp3) is 0.739. The molecular formula is C23H38IN5O. The van der Waals surface area contributed by atoms with Crippen molar-refractivity contribution in [2.75, 3.05) is 26.2 Å². The van der Waals surface area contributed by atoms with Crippen molar-refractivity contribution in [2.45, 2.75) is 76.9 Å². The molecule has 1 aromatic heterocycles. The summed E-state index contributed by atoms with van der Waals surface area (Å²) in [6.07, 6.45) is 12.5. The van der Waals surface area contributed by atoms with Gasteiger partial charge in [-0.3, -0.25) is 0 Å². The molecule has 1 aromatic rings. The number of aliphatic imine (C=N–C) groups is 1. The number of guanidine groups is 1. The zero-order valence-corrected chi connectivity index (χ0v) is 20.6. The second-order valence-electron chi connectivity index (χ2n) is 8.84. The molecule has 168 valence electrons. The van der Waals surface area contributed by atoms with Gasteiger partial charge in [0.15, 0.2) is 5.96 Å². The van der Waals surface area contributed by atoms with E-state index in [9.17, 15) is 0 Å².